The summed E-state index contributed by atoms with van der Waals surface area (Å²) in [6, 6.07) is 21.1. The van der Waals surface area contributed by atoms with Gasteiger partial charge < -0.3 is 9.84 Å². The van der Waals surface area contributed by atoms with E-state index < -0.39 is 24.3 Å². The van der Waals surface area contributed by atoms with Crippen molar-refractivity contribution in [3.63, 3.8) is 0 Å². The molecule has 0 saturated carbocycles. The van der Waals surface area contributed by atoms with Crippen molar-refractivity contribution in [2.45, 2.75) is 32.5 Å². The van der Waals surface area contributed by atoms with Crippen molar-refractivity contribution in [2.75, 3.05) is 6.61 Å². The van der Waals surface area contributed by atoms with Crippen LogP contribution in [0.25, 0.3) is 11.3 Å². The van der Waals surface area contributed by atoms with Crippen LogP contribution in [0.3, 0.4) is 0 Å². The summed E-state index contributed by atoms with van der Waals surface area (Å²) in [5.41, 5.74) is 3.23. The van der Waals surface area contributed by atoms with E-state index in [4.69, 9.17) is 9.84 Å². The minimum Gasteiger partial charge on any atom is -0.482 e. The number of halogens is 3. The number of aromatic nitrogens is 2. The van der Waals surface area contributed by atoms with Crippen LogP contribution in [-0.4, -0.2) is 33.2 Å². The standard InChI is InChI=1S/C29H25F3N2O4/c1-19-15-22(9-14-27(19)38-18-28(36)37)26(35)13-12-24-16-25(21-7-10-23(11-8-21)29(30,31)32)33-34(24)17-20-5-3-2-4-6-20/h2-11,14-16H,12-13,17-18H2,1H3,(H,36,37). The average molecular weight is 523 g/mol. The molecule has 4 rings (SSSR count). The summed E-state index contributed by atoms with van der Waals surface area (Å²) in [5, 5.41) is 13.4. The highest BCUT2D eigenvalue weighted by Gasteiger charge is 2.30. The lowest BCUT2D eigenvalue weighted by Crippen LogP contribution is -2.11. The van der Waals surface area contributed by atoms with Crippen molar-refractivity contribution in [3.05, 3.63) is 107 Å². The van der Waals surface area contributed by atoms with Crippen molar-refractivity contribution in [3.8, 4) is 17.0 Å². The predicted molar refractivity (Wildman–Crippen MR) is 135 cm³/mol. The number of ether oxygens (including phenoxy) is 1. The first-order valence-electron chi connectivity index (χ1n) is 11.9. The number of hydrogen-bond donors (Lipinski definition) is 1. The fraction of sp³-hybridized carbons (Fsp3) is 0.207. The van der Waals surface area contributed by atoms with Gasteiger partial charge in [-0.15, -0.1) is 0 Å². The maximum absolute atomic E-state index is 13.0. The van der Waals surface area contributed by atoms with Crippen LogP contribution >= 0.6 is 0 Å². The fourth-order valence-electron chi connectivity index (χ4n) is 4.03. The van der Waals surface area contributed by atoms with Crippen LogP contribution in [0.2, 0.25) is 0 Å². The Kier molecular flexibility index (Phi) is 7.95. The molecule has 9 heteroatoms. The van der Waals surface area contributed by atoms with Crippen molar-refractivity contribution < 1.29 is 32.6 Å². The number of alkyl halides is 3. The van der Waals surface area contributed by atoms with Gasteiger partial charge in [-0.05, 0) is 60.9 Å². The van der Waals surface area contributed by atoms with Gasteiger partial charge in [0.05, 0.1) is 17.8 Å². The SMILES string of the molecule is Cc1cc(C(=O)CCc2cc(-c3ccc(C(F)(F)F)cc3)nn2Cc2ccccc2)ccc1OCC(=O)O. The van der Waals surface area contributed by atoms with Crippen LogP contribution in [0, 0.1) is 6.92 Å². The minimum absolute atomic E-state index is 0.110. The number of carboxylic acid groups (broad SMARTS) is 1. The maximum Gasteiger partial charge on any atom is 0.416 e. The average Bonchev–Trinajstić information content (AvgIpc) is 3.29. The summed E-state index contributed by atoms with van der Waals surface area (Å²) in [7, 11) is 0. The van der Waals surface area contributed by atoms with E-state index in [0.717, 1.165) is 23.4 Å². The number of Topliss-reactive ketones (excluding diaryl/α,β-unsaturated/α-hetero) is 1. The van der Waals surface area contributed by atoms with Crippen LogP contribution in [0.4, 0.5) is 13.2 Å². The number of benzene rings is 3. The Balaban J connectivity index is 1.54. The van der Waals surface area contributed by atoms with Gasteiger partial charge in [0.2, 0.25) is 0 Å². The monoisotopic (exact) mass is 522 g/mol. The zero-order valence-corrected chi connectivity index (χ0v) is 20.5. The highest BCUT2D eigenvalue weighted by Crippen LogP contribution is 2.31. The molecule has 6 nitrogen and oxygen atoms in total. The van der Waals surface area contributed by atoms with E-state index in [0.29, 0.717) is 41.1 Å². The molecule has 1 N–H and O–H groups in total. The second-order valence-corrected chi connectivity index (χ2v) is 8.83. The lowest BCUT2D eigenvalue weighted by Gasteiger charge is -2.10. The number of carbonyl (C=O) groups is 2. The van der Waals surface area contributed by atoms with Crippen LogP contribution < -0.4 is 4.74 Å². The third kappa shape index (κ3) is 6.67. The summed E-state index contributed by atoms with van der Waals surface area (Å²) in [4.78, 5) is 23.7. The third-order valence-electron chi connectivity index (χ3n) is 6.00. The number of carbonyl (C=O) groups excluding carboxylic acids is 1. The van der Waals surface area contributed by atoms with Crippen LogP contribution in [0.1, 0.15) is 39.2 Å². The van der Waals surface area contributed by atoms with Gasteiger partial charge in [0, 0.05) is 23.2 Å². The first kappa shape index (κ1) is 26.7. The zero-order chi connectivity index (χ0) is 27.3. The molecule has 0 unspecified atom stereocenters. The molecule has 38 heavy (non-hydrogen) atoms. The van der Waals surface area contributed by atoms with E-state index >= 15 is 0 Å². The zero-order valence-electron chi connectivity index (χ0n) is 20.5. The number of ketones is 1. The van der Waals surface area contributed by atoms with E-state index in [2.05, 4.69) is 5.10 Å². The quantitative estimate of drug-likeness (QED) is 0.251. The van der Waals surface area contributed by atoms with Crippen molar-refractivity contribution in [1.82, 2.24) is 9.78 Å². The van der Waals surface area contributed by atoms with Gasteiger partial charge in [-0.3, -0.25) is 9.48 Å². The Morgan fingerprint density at radius 3 is 2.32 bits per heavy atom. The number of nitrogens with zero attached hydrogens (tertiary/aromatic N) is 2. The summed E-state index contributed by atoms with van der Waals surface area (Å²) < 4.78 is 45.9. The minimum atomic E-state index is -4.42. The fourth-order valence-corrected chi connectivity index (χ4v) is 4.03. The molecular formula is C29H25F3N2O4. The lowest BCUT2D eigenvalue weighted by molar-refractivity contribution is -0.139. The molecule has 1 aromatic heterocycles. The van der Waals surface area contributed by atoms with Gasteiger partial charge in [-0.25, -0.2) is 4.79 Å². The van der Waals surface area contributed by atoms with Crippen LogP contribution in [0.5, 0.6) is 5.75 Å². The van der Waals surface area contributed by atoms with E-state index in [1.165, 1.54) is 12.1 Å². The predicted octanol–water partition coefficient (Wildman–Crippen LogP) is 6.20. The highest BCUT2D eigenvalue weighted by atomic mass is 19.4. The molecule has 0 saturated heterocycles. The molecule has 0 atom stereocenters. The highest BCUT2D eigenvalue weighted by molar-refractivity contribution is 5.96. The van der Waals surface area contributed by atoms with Crippen LogP contribution in [-0.2, 0) is 23.9 Å². The first-order valence-corrected chi connectivity index (χ1v) is 11.9. The third-order valence-corrected chi connectivity index (χ3v) is 6.00. The Morgan fingerprint density at radius 2 is 1.68 bits per heavy atom. The Labute approximate surface area is 217 Å². The number of hydrogen-bond acceptors (Lipinski definition) is 4. The second-order valence-electron chi connectivity index (χ2n) is 8.83. The molecule has 0 bridgehead atoms. The van der Waals surface area contributed by atoms with Gasteiger partial charge >= 0.3 is 12.1 Å². The van der Waals surface area contributed by atoms with Gasteiger partial charge in [0.1, 0.15) is 5.75 Å². The van der Waals surface area contributed by atoms with E-state index in [1.807, 2.05) is 30.3 Å². The normalized spacial score (nSPS) is 11.4. The van der Waals surface area contributed by atoms with Crippen molar-refractivity contribution in [2.24, 2.45) is 0 Å². The summed E-state index contributed by atoms with van der Waals surface area (Å²) >= 11 is 0. The molecule has 0 aliphatic carbocycles. The lowest BCUT2D eigenvalue weighted by atomic mass is 10.0. The molecule has 4 aromatic rings. The Hall–Kier alpha value is -4.40. The molecular weight excluding hydrogens is 497 g/mol. The molecule has 0 spiro atoms. The maximum atomic E-state index is 13.0. The smallest absolute Gasteiger partial charge is 0.416 e. The van der Waals surface area contributed by atoms with E-state index in [-0.39, 0.29) is 12.2 Å². The first-order chi connectivity index (χ1) is 18.1. The largest absolute Gasteiger partial charge is 0.482 e. The van der Waals surface area contributed by atoms with Gasteiger partial charge in [0.25, 0.3) is 0 Å². The summed E-state index contributed by atoms with van der Waals surface area (Å²) in [5.74, 6) is -0.806. The molecule has 196 valence electrons. The molecule has 0 aliphatic rings. The van der Waals surface area contributed by atoms with Gasteiger partial charge in [-0.1, -0.05) is 42.5 Å². The molecule has 1 heterocycles. The van der Waals surface area contributed by atoms with Gasteiger partial charge in [0.15, 0.2) is 12.4 Å². The number of aryl methyl sites for hydroxylation is 2. The number of rotatable bonds is 10. The molecule has 3 aromatic carbocycles. The number of carboxylic acids is 1. The van der Waals surface area contributed by atoms with E-state index in [1.54, 1.807) is 35.9 Å². The molecule has 0 aliphatic heterocycles. The summed E-state index contributed by atoms with van der Waals surface area (Å²) in [6.45, 7) is 1.71. The van der Waals surface area contributed by atoms with Crippen molar-refractivity contribution >= 4 is 11.8 Å². The topological polar surface area (TPSA) is 81.4 Å². The van der Waals surface area contributed by atoms with Crippen molar-refractivity contribution in [1.29, 1.82) is 0 Å². The molecule has 0 radical (unpaired) electrons. The molecule has 0 amide bonds. The second kappa shape index (κ2) is 11.3. The number of aliphatic carboxylic acids is 1. The summed E-state index contributed by atoms with van der Waals surface area (Å²) in [6.07, 6.45) is -3.87. The van der Waals surface area contributed by atoms with E-state index in [9.17, 15) is 22.8 Å². The Bertz CT molecular complexity index is 1430. The Morgan fingerprint density at radius 1 is 0.974 bits per heavy atom. The van der Waals surface area contributed by atoms with Crippen LogP contribution in [0.15, 0.2) is 78.9 Å². The molecule has 0 fully saturated rings. The van der Waals surface area contributed by atoms with Gasteiger partial charge in [-0.2, -0.15) is 18.3 Å².